The van der Waals surface area contributed by atoms with Crippen LogP contribution in [0.1, 0.15) is 23.5 Å². The Morgan fingerprint density at radius 2 is 1.95 bits per heavy atom. The van der Waals surface area contributed by atoms with Crippen LogP contribution in [0.15, 0.2) is 12.4 Å². The van der Waals surface area contributed by atoms with Crippen molar-refractivity contribution in [1.82, 2.24) is 15.3 Å². The number of nitrogens with zero attached hydrogens (tertiary/aromatic N) is 2. The molecule has 0 saturated carbocycles. The minimum absolute atomic E-state index is 0.108. The fourth-order valence-electron chi connectivity index (χ4n) is 1.79. The van der Waals surface area contributed by atoms with Gasteiger partial charge in [0.05, 0.1) is 5.69 Å². The number of fused-ring (bicyclic) bond motifs is 1. The van der Waals surface area contributed by atoms with Gasteiger partial charge in [-0.25, -0.2) is 9.97 Å². The van der Waals surface area contributed by atoms with Crippen molar-refractivity contribution >= 4 is 39.2 Å². The number of carbonyl (C=O) groups excluding carboxylic acids is 2. The van der Waals surface area contributed by atoms with Crippen LogP contribution in [-0.4, -0.2) is 27.8 Å². The maximum Gasteiger partial charge on any atom is 0.264 e. The lowest BCUT2D eigenvalue weighted by Gasteiger charge is -2.18. The summed E-state index contributed by atoms with van der Waals surface area (Å²) in [6.07, 6.45) is 3.04. The van der Waals surface area contributed by atoms with Crippen molar-refractivity contribution in [3.05, 3.63) is 17.3 Å². The predicted octanol–water partition coefficient (Wildman–Crippen LogP) is 0.513. The zero-order chi connectivity index (χ0) is 14.9. The largest absolute Gasteiger partial charge is 0.396 e. The van der Waals surface area contributed by atoms with Crippen molar-refractivity contribution in [3.8, 4) is 0 Å². The molecule has 0 saturated heterocycles. The lowest BCUT2D eigenvalue weighted by molar-refractivity contribution is -0.120. The SMILES string of the molecule is CC(C)C(NC(=O)c1sc2nccnc2c1N)C(N)=O. The first-order chi connectivity index (χ1) is 9.41. The Morgan fingerprint density at radius 3 is 2.50 bits per heavy atom. The van der Waals surface area contributed by atoms with E-state index in [2.05, 4.69) is 15.3 Å². The third kappa shape index (κ3) is 2.55. The summed E-state index contributed by atoms with van der Waals surface area (Å²) in [5.74, 6) is -1.13. The summed E-state index contributed by atoms with van der Waals surface area (Å²) >= 11 is 1.13. The van der Waals surface area contributed by atoms with Crippen molar-refractivity contribution in [2.45, 2.75) is 19.9 Å². The number of nitrogens with two attached hydrogens (primary N) is 2. The van der Waals surface area contributed by atoms with Gasteiger partial charge >= 0.3 is 0 Å². The molecular formula is C12H15N5O2S. The number of thiophene rings is 1. The molecule has 0 radical (unpaired) electrons. The van der Waals surface area contributed by atoms with Crippen LogP contribution >= 0.6 is 11.3 Å². The van der Waals surface area contributed by atoms with Crippen LogP contribution in [-0.2, 0) is 4.79 Å². The van der Waals surface area contributed by atoms with Crippen LogP contribution in [0.2, 0.25) is 0 Å². The van der Waals surface area contributed by atoms with E-state index in [0.717, 1.165) is 11.3 Å². The number of nitrogens with one attached hydrogen (secondary N) is 1. The van der Waals surface area contributed by atoms with Crippen molar-refractivity contribution in [2.75, 3.05) is 5.73 Å². The van der Waals surface area contributed by atoms with Crippen LogP contribution in [0.3, 0.4) is 0 Å². The van der Waals surface area contributed by atoms with Crippen LogP contribution in [0.4, 0.5) is 5.69 Å². The molecule has 2 amide bonds. The molecule has 0 fully saturated rings. The molecule has 2 aromatic heterocycles. The molecule has 20 heavy (non-hydrogen) atoms. The molecule has 0 aliphatic rings. The van der Waals surface area contributed by atoms with Crippen molar-refractivity contribution in [3.63, 3.8) is 0 Å². The molecule has 0 aromatic carbocycles. The molecule has 0 spiro atoms. The summed E-state index contributed by atoms with van der Waals surface area (Å²) in [4.78, 5) is 32.6. The zero-order valence-electron chi connectivity index (χ0n) is 11.1. The first-order valence-electron chi connectivity index (χ1n) is 6.01. The van der Waals surface area contributed by atoms with Crippen LogP contribution < -0.4 is 16.8 Å². The molecule has 0 bridgehead atoms. The van der Waals surface area contributed by atoms with Crippen LogP contribution in [0.25, 0.3) is 10.3 Å². The molecule has 106 valence electrons. The van der Waals surface area contributed by atoms with Gasteiger partial charge in [0.1, 0.15) is 21.3 Å². The van der Waals surface area contributed by atoms with E-state index in [4.69, 9.17) is 11.5 Å². The number of primary amides is 1. The van der Waals surface area contributed by atoms with E-state index in [-0.39, 0.29) is 16.5 Å². The van der Waals surface area contributed by atoms with Gasteiger partial charge in [-0.1, -0.05) is 13.8 Å². The highest BCUT2D eigenvalue weighted by Crippen LogP contribution is 2.30. The molecule has 0 aliphatic heterocycles. The topological polar surface area (TPSA) is 124 Å². The van der Waals surface area contributed by atoms with Crippen LogP contribution in [0.5, 0.6) is 0 Å². The highest BCUT2D eigenvalue weighted by atomic mass is 32.1. The Kier molecular flexibility index (Phi) is 3.84. The highest BCUT2D eigenvalue weighted by molar-refractivity contribution is 7.21. The number of nitrogen functional groups attached to an aromatic ring is 1. The van der Waals surface area contributed by atoms with Gasteiger partial charge < -0.3 is 16.8 Å². The second kappa shape index (κ2) is 5.41. The Hall–Kier alpha value is -2.22. The molecule has 7 nitrogen and oxygen atoms in total. The summed E-state index contributed by atoms with van der Waals surface area (Å²) in [7, 11) is 0. The van der Waals surface area contributed by atoms with Crippen molar-refractivity contribution in [2.24, 2.45) is 11.7 Å². The summed E-state index contributed by atoms with van der Waals surface area (Å²) in [5, 5.41) is 2.60. The lowest BCUT2D eigenvalue weighted by Crippen LogP contribution is -2.47. The second-order valence-corrected chi connectivity index (χ2v) is 5.65. The molecule has 8 heteroatoms. The van der Waals surface area contributed by atoms with Gasteiger partial charge in [-0.05, 0) is 5.92 Å². The van der Waals surface area contributed by atoms with Gasteiger partial charge in [0.2, 0.25) is 5.91 Å². The summed E-state index contributed by atoms with van der Waals surface area (Å²) in [5.41, 5.74) is 11.9. The fourth-order valence-corrected chi connectivity index (χ4v) is 2.71. The maximum absolute atomic E-state index is 12.2. The summed E-state index contributed by atoms with van der Waals surface area (Å²) in [6.45, 7) is 3.60. The minimum atomic E-state index is -0.743. The molecule has 0 aliphatic carbocycles. The molecule has 2 heterocycles. The Labute approximate surface area is 119 Å². The van der Waals surface area contributed by atoms with Gasteiger partial charge in [-0.2, -0.15) is 0 Å². The summed E-state index contributed by atoms with van der Waals surface area (Å²) in [6, 6.07) is -0.743. The molecule has 1 unspecified atom stereocenters. The Balaban J connectivity index is 2.32. The van der Waals surface area contributed by atoms with Gasteiger partial charge in [0.15, 0.2) is 0 Å². The third-order valence-electron chi connectivity index (χ3n) is 2.83. The summed E-state index contributed by atoms with van der Waals surface area (Å²) < 4.78 is 0. The van der Waals surface area contributed by atoms with E-state index in [9.17, 15) is 9.59 Å². The van der Waals surface area contributed by atoms with E-state index in [0.29, 0.717) is 10.3 Å². The van der Waals surface area contributed by atoms with Gasteiger partial charge in [-0.3, -0.25) is 9.59 Å². The van der Waals surface area contributed by atoms with E-state index in [1.165, 1.54) is 12.4 Å². The van der Waals surface area contributed by atoms with Gasteiger partial charge in [0, 0.05) is 12.4 Å². The third-order valence-corrected chi connectivity index (χ3v) is 3.93. The predicted molar refractivity (Wildman–Crippen MR) is 77.1 cm³/mol. The number of hydrogen-bond acceptors (Lipinski definition) is 6. The number of aromatic nitrogens is 2. The fraction of sp³-hybridized carbons (Fsp3) is 0.333. The quantitative estimate of drug-likeness (QED) is 0.757. The molecule has 5 N–H and O–H groups in total. The highest BCUT2D eigenvalue weighted by Gasteiger charge is 2.25. The number of hydrogen-bond donors (Lipinski definition) is 3. The standard InChI is InChI=1S/C12H15N5O2S/c1-5(2)7(10(14)18)17-11(19)9-6(13)8-12(20-9)16-4-3-15-8/h3-5,7H,13H2,1-2H3,(H2,14,18)(H,17,19). The monoisotopic (exact) mass is 293 g/mol. The first-order valence-corrected chi connectivity index (χ1v) is 6.82. The first kappa shape index (κ1) is 14.2. The molecule has 2 rings (SSSR count). The van der Waals surface area contributed by atoms with E-state index < -0.39 is 17.9 Å². The molecule has 1 atom stereocenters. The van der Waals surface area contributed by atoms with Crippen LogP contribution in [0, 0.1) is 5.92 Å². The average Bonchev–Trinajstić information content (AvgIpc) is 2.73. The van der Waals surface area contributed by atoms with E-state index >= 15 is 0 Å². The zero-order valence-corrected chi connectivity index (χ0v) is 11.9. The number of rotatable bonds is 4. The minimum Gasteiger partial charge on any atom is -0.396 e. The second-order valence-electron chi connectivity index (χ2n) is 4.65. The normalized spacial score (nSPS) is 12.6. The number of amides is 2. The average molecular weight is 293 g/mol. The smallest absolute Gasteiger partial charge is 0.264 e. The number of anilines is 1. The molecule has 2 aromatic rings. The van der Waals surface area contributed by atoms with E-state index in [1.54, 1.807) is 13.8 Å². The Bertz CT molecular complexity index is 667. The van der Waals surface area contributed by atoms with Gasteiger partial charge in [-0.15, -0.1) is 11.3 Å². The lowest BCUT2D eigenvalue weighted by atomic mass is 10.0. The molecular weight excluding hydrogens is 278 g/mol. The van der Waals surface area contributed by atoms with E-state index in [1.807, 2.05) is 0 Å². The number of carbonyl (C=O) groups is 2. The Morgan fingerprint density at radius 1 is 1.30 bits per heavy atom. The maximum atomic E-state index is 12.2. The van der Waals surface area contributed by atoms with Crippen molar-refractivity contribution in [1.29, 1.82) is 0 Å². The van der Waals surface area contributed by atoms with Crippen molar-refractivity contribution < 1.29 is 9.59 Å². The van der Waals surface area contributed by atoms with Gasteiger partial charge in [0.25, 0.3) is 5.91 Å².